The summed E-state index contributed by atoms with van der Waals surface area (Å²) in [6, 6.07) is 6.06. The molecule has 3 aliphatic heterocycles. The molecule has 4 unspecified atom stereocenters. The lowest BCUT2D eigenvalue weighted by molar-refractivity contribution is -0.123. The highest BCUT2D eigenvalue weighted by molar-refractivity contribution is 5.69. The van der Waals surface area contributed by atoms with Gasteiger partial charge < -0.3 is 29.2 Å². The van der Waals surface area contributed by atoms with E-state index < -0.39 is 0 Å². The van der Waals surface area contributed by atoms with Crippen LogP contribution in [0.1, 0.15) is 45.7 Å². The number of likely N-dealkylation sites (tertiary alicyclic amines) is 1. The Morgan fingerprint density at radius 3 is 2.76 bits per heavy atom. The molecule has 4 fully saturated rings. The predicted octanol–water partition coefficient (Wildman–Crippen LogP) is 3.70. The summed E-state index contributed by atoms with van der Waals surface area (Å²) in [5.74, 6) is 0.868. The quantitative estimate of drug-likeness (QED) is 0.479. The van der Waals surface area contributed by atoms with Gasteiger partial charge in [-0.1, -0.05) is 17.7 Å². The van der Waals surface area contributed by atoms with Gasteiger partial charge in [-0.05, 0) is 59.1 Å². The minimum atomic E-state index is -0.333. The monoisotopic (exact) mass is 471 g/mol. The maximum absolute atomic E-state index is 12.9. The number of pyridine rings is 1. The Morgan fingerprint density at radius 1 is 1.35 bits per heavy atom. The molecule has 4 aliphatic rings. The molecule has 1 aliphatic carbocycles. The third-order valence-corrected chi connectivity index (χ3v) is 7.87. The Morgan fingerprint density at radius 2 is 2.12 bits per heavy atom. The Bertz CT molecular complexity index is 954. The molecule has 1 aromatic rings. The van der Waals surface area contributed by atoms with Gasteiger partial charge in [0.05, 0.1) is 24.7 Å². The molecule has 1 saturated carbocycles. The number of amides is 1. The second-order valence-electron chi connectivity index (χ2n) is 10.7. The Kier molecular flexibility index (Phi) is 6.11. The van der Waals surface area contributed by atoms with E-state index in [0.717, 1.165) is 37.4 Å². The summed E-state index contributed by atoms with van der Waals surface area (Å²) in [5.41, 5.74) is 1.70. The number of aryl methyl sites for hydroxylation is 1. The molecular weight excluding hydrogens is 434 g/mol. The van der Waals surface area contributed by atoms with Crippen LogP contribution in [0, 0.1) is 12.8 Å². The highest BCUT2D eigenvalue weighted by Gasteiger charge is 2.72. The molecule has 186 valence electrons. The second-order valence-corrected chi connectivity index (χ2v) is 10.7. The van der Waals surface area contributed by atoms with Gasteiger partial charge >= 0.3 is 6.09 Å². The van der Waals surface area contributed by atoms with Crippen LogP contribution in [0.15, 0.2) is 29.8 Å². The van der Waals surface area contributed by atoms with Crippen molar-refractivity contribution in [2.24, 2.45) is 5.92 Å². The minimum Gasteiger partial charge on any atom is -0.443 e. The van der Waals surface area contributed by atoms with E-state index >= 15 is 0 Å². The molecule has 0 aromatic carbocycles. The van der Waals surface area contributed by atoms with E-state index in [1.807, 2.05) is 25.1 Å². The van der Waals surface area contributed by atoms with Crippen LogP contribution in [0.4, 0.5) is 10.6 Å². The predicted molar refractivity (Wildman–Crippen MR) is 128 cm³/mol. The zero-order valence-corrected chi connectivity index (χ0v) is 20.9. The zero-order valence-electron chi connectivity index (χ0n) is 20.9. The number of methoxy groups -OCH3 is 1. The van der Waals surface area contributed by atoms with Crippen molar-refractivity contribution in [3.63, 3.8) is 0 Å². The van der Waals surface area contributed by atoms with Gasteiger partial charge in [-0.2, -0.15) is 0 Å². The van der Waals surface area contributed by atoms with Crippen LogP contribution in [0.5, 0.6) is 0 Å². The van der Waals surface area contributed by atoms with Crippen LogP contribution < -0.4 is 5.32 Å². The first-order valence-electron chi connectivity index (χ1n) is 12.4. The highest BCUT2D eigenvalue weighted by atomic mass is 16.6. The fraction of sp³-hybridized carbons (Fsp3) is 0.692. The van der Waals surface area contributed by atoms with E-state index in [1.165, 1.54) is 5.57 Å². The van der Waals surface area contributed by atoms with Crippen LogP contribution in [-0.4, -0.2) is 78.3 Å². The highest BCUT2D eigenvalue weighted by Crippen LogP contribution is 2.59. The second kappa shape index (κ2) is 8.81. The van der Waals surface area contributed by atoms with Crippen molar-refractivity contribution in [2.75, 3.05) is 32.1 Å². The minimum absolute atomic E-state index is 0.0327. The molecule has 1 aromatic heterocycles. The van der Waals surface area contributed by atoms with Crippen LogP contribution in [0.2, 0.25) is 0 Å². The molecule has 8 heteroatoms. The number of nitrogens with zero attached hydrogens (tertiary/aromatic N) is 2. The number of aromatic nitrogens is 1. The average molecular weight is 472 g/mol. The van der Waals surface area contributed by atoms with Gasteiger partial charge in [0, 0.05) is 25.9 Å². The SMILES string of the molecule is COC1C(OC(=O)N2CC(Nc3cccc(C)n3)C2)CCC2(CO2)C1[C@@]1(C)O[C@@H]1CC=C(C)C. The Balaban J connectivity index is 1.19. The fourth-order valence-electron chi connectivity index (χ4n) is 5.83. The number of nitrogens with one attached hydrogen (secondary N) is 1. The number of allylic oxidation sites excluding steroid dienone is 1. The summed E-state index contributed by atoms with van der Waals surface area (Å²) in [4.78, 5) is 19.1. The van der Waals surface area contributed by atoms with Gasteiger partial charge in [0.25, 0.3) is 0 Å². The lowest BCUT2D eigenvalue weighted by atomic mass is 9.68. The maximum Gasteiger partial charge on any atom is 0.410 e. The number of anilines is 1. The van der Waals surface area contributed by atoms with Crippen molar-refractivity contribution in [3.05, 3.63) is 35.5 Å². The van der Waals surface area contributed by atoms with Gasteiger partial charge in [-0.3, -0.25) is 0 Å². The van der Waals surface area contributed by atoms with E-state index in [1.54, 1.807) is 12.0 Å². The topological polar surface area (TPSA) is 88.8 Å². The van der Waals surface area contributed by atoms with Crippen molar-refractivity contribution >= 4 is 11.9 Å². The first-order valence-corrected chi connectivity index (χ1v) is 12.4. The lowest BCUT2D eigenvalue weighted by Crippen LogP contribution is -2.60. The molecule has 4 heterocycles. The molecular formula is C26H37N3O5. The molecule has 1 amide bonds. The number of ether oxygens (including phenoxy) is 4. The van der Waals surface area contributed by atoms with Crippen molar-refractivity contribution in [1.29, 1.82) is 0 Å². The summed E-state index contributed by atoms with van der Waals surface area (Å²) < 4.78 is 24.2. The first kappa shape index (κ1) is 23.6. The standard InChI is InChI=1S/C26H37N3O5/c1-16(2)9-10-20-25(4,34-20)23-22(31-5)19(11-12-26(23)15-32-26)33-24(30)29-13-18(14-29)28-21-8-6-7-17(3)27-21/h6-9,18-20,22-23H,10-15H2,1-5H3,(H,27,28)/t19?,20-,22?,23?,25+,26?/m1/s1. The van der Waals surface area contributed by atoms with Crippen LogP contribution >= 0.6 is 0 Å². The average Bonchev–Trinajstić information content (AvgIpc) is 3.67. The summed E-state index contributed by atoms with van der Waals surface area (Å²) >= 11 is 0. The molecule has 1 spiro atoms. The van der Waals surface area contributed by atoms with Gasteiger partial charge in [0.15, 0.2) is 0 Å². The Labute approximate surface area is 202 Å². The number of carbonyl (C=O) groups is 1. The molecule has 1 N–H and O–H groups in total. The fourth-order valence-corrected chi connectivity index (χ4v) is 5.83. The molecule has 8 nitrogen and oxygen atoms in total. The number of hydrogen-bond donors (Lipinski definition) is 1. The molecule has 6 atom stereocenters. The van der Waals surface area contributed by atoms with Gasteiger partial charge in [0.1, 0.15) is 29.2 Å². The smallest absolute Gasteiger partial charge is 0.410 e. The third-order valence-electron chi connectivity index (χ3n) is 7.87. The maximum atomic E-state index is 12.9. The van der Waals surface area contributed by atoms with Crippen LogP contribution in [0.3, 0.4) is 0 Å². The molecule has 0 bridgehead atoms. The van der Waals surface area contributed by atoms with E-state index in [4.69, 9.17) is 18.9 Å². The number of rotatable bonds is 7. The Hall–Kier alpha value is -2.16. The summed E-state index contributed by atoms with van der Waals surface area (Å²) in [6.45, 7) is 10.2. The number of carbonyl (C=O) groups excluding carboxylic acids is 1. The first-order chi connectivity index (χ1) is 16.2. The number of epoxide rings is 2. The lowest BCUT2D eigenvalue weighted by Gasteiger charge is -2.44. The van der Waals surface area contributed by atoms with Crippen molar-refractivity contribution in [3.8, 4) is 0 Å². The normalized spacial score (nSPS) is 36.6. The van der Waals surface area contributed by atoms with E-state index in [-0.39, 0.29) is 47.6 Å². The third kappa shape index (κ3) is 4.43. The molecule has 34 heavy (non-hydrogen) atoms. The van der Waals surface area contributed by atoms with Gasteiger partial charge in [0.2, 0.25) is 0 Å². The van der Waals surface area contributed by atoms with Crippen molar-refractivity contribution < 1.29 is 23.7 Å². The van der Waals surface area contributed by atoms with Crippen LogP contribution in [-0.2, 0) is 18.9 Å². The summed E-state index contributed by atoms with van der Waals surface area (Å²) in [6.07, 6.45) is 3.98. The van der Waals surface area contributed by atoms with Gasteiger partial charge in [-0.25, -0.2) is 9.78 Å². The van der Waals surface area contributed by atoms with Gasteiger partial charge in [-0.15, -0.1) is 0 Å². The largest absolute Gasteiger partial charge is 0.443 e. The summed E-state index contributed by atoms with van der Waals surface area (Å²) in [5, 5.41) is 3.38. The van der Waals surface area contributed by atoms with E-state index in [9.17, 15) is 4.79 Å². The zero-order chi connectivity index (χ0) is 24.1. The molecule has 5 rings (SSSR count). The van der Waals surface area contributed by atoms with E-state index in [2.05, 4.69) is 37.1 Å². The molecule has 3 saturated heterocycles. The number of hydrogen-bond acceptors (Lipinski definition) is 7. The van der Waals surface area contributed by atoms with E-state index in [0.29, 0.717) is 13.1 Å². The van der Waals surface area contributed by atoms with Crippen LogP contribution in [0.25, 0.3) is 0 Å². The molecule has 0 radical (unpaired) electrons. The van der Waals surface area contributed by atoms with Crippen molar-refractivity contribution in [2.45, 2.75) is 82.5 Å². The van der Waals surface area contributed by atoms with Crippen molar-refractivity contribution in [1.82, 2.24) is 9.88 Å². The summed E-state index contributed by atoms with van der Waals surface area (Å²) in [7, 11) is 1.70.